The topological polar surface area (TPSA) is 90.0 Å². The third kappa shape index (κ3) is 2.64. The van der Waals surface area contributed by atoms with Crippen LogP contribution in [0.1, 0.15) is 35.0 Å². The monoisotopic (exact) mass is 409 g/mol. The highest BCUT2D eigenvalue weighted by atomic mass is 16.1. The van der Waals surface area contributed by atoms with Gasteiger partial charge in [-0.15, -0.1) is 15.3 Å². The van der Waals surface area contributed by atoms with Gasteiger partial charge in [-0.3, -0.25) is 4.79 Å². The number of hydrogen-bond donors (Lipinski definition) is 1. The molecule has 1 unspecified atom stereocenters. The summed E-state index contributed by atoms with van der Waals surface area (Å²) in [5.41, 5.74) is 3.69. The zero-order valence-electron chi connectivity index (χ0n) is 17.1. The van der Waals surface area contributed by atoms with E-state index >= 15 is 0 Å². The molecule has 0 saturated heterocycles. The Kier molecular flexibility index (Phi) is 3.70. The molecule has 8 heteroatoms. The molecule has 4 heterocycles. The third-order valence-corrected chi connectivity index (χ3v) is 5.92. The molecule has 1 atom stereocenters. The Balaban J connectivity index is 1.56. The molecule has 2 aromatic carbocycles. The number of rotatable bonds is 2. The van der Waals surface area contributed by atoms with Crippen LogP contribution in [-0.2, 0) is 4.79 Å². The van der Waals surface area contributed by atoms with Gasteiger partial charge in [-0.2, -0.15) is 14.3 Å². The fourth-order valence-electron chi connectivity index (χ4n) is 4.53. The average Bonchev–Trinajstić information content (AvgIpc) is 3.32. The van der Waals surface area contributed by atoms with Crippen molar-refractivity contribution in [3.8, 4) is 5.82 Å². The second-order valence-corrected chi connectivity index (χ2v) is 7.84. The number of carbonyl (C=O) groups excluding carboxylic acids is 1. The summed E-state index contributed by atoms with van der Waals surface area (Å²) in [7, 11) is 0. The molecule has 3 aromatic heterocycles. The summed E-state index contributed by atoms with van der Waals surface area (Å²) in [5.74, 6) is 1.84. The van der Waals surface area contributed by atoms with Gasteiger partial charge in [-0.25, -0.2) is 0 Å². The van der Waals surface area contributed by atoms with Crippen LogP contribution >= 0.6 is 0 Å². The summed E-state index contributed by atoms with van der Waals surface area (Å²) >= 11 is 0. The molecule has 6 rings (SSSR count). The minimum absolute atomic E-state index is 0.0341. The van der Waals surface area contributed by atoms with Crippen molar-refractivity contribution in [2.24, 2.45) is 0 Å². The first-order chi connectivity index (χ1) is 15.1. The molecule has 0 spiro atoms. The fraction of sp³-hybridized carbons (Fsp3) is 0.174. The molecule has 1 amide bonds. The summed E-state index contributed by atoms with van der Waals surface area (Å²) in [6.45, 7) is 3.83. The van der Waals surface area contributed by atoms with Crippen molar-refractivity contribution in [3.05, 3.63) is 77.2 Å². The SMILES string of the molecule is Cc1nn(-c2ccc3nnc(C)n3n2)c2c1C(c1cccc3ccccc13)CC(=O)N2. The van der Waals surface area contributed by atoms with Crippen molar-refractivity contribution in [1.82, 2.24) is 29.6 Å². The van der Waals surface area contributed by atoms with E-state index in [1.807, 2.05) is 44.2 Å². The lowest BCUT2D eigenvalue weighted by Crippen LogP contribution is -2.25. The van der Waals surface area contributed by atoms with Crippen molar-refractivity contribution in [2.75, 3.05) is 5.32 Å². The smallest absolute Gasteiger partial charge is 0.226 e. The summed E-state index contributed by atoms with van der Waals surface area (Å²) in [6, 6.07) is 18.2. The van der Waals surface area contributed by atoms with Crippen molar-refractivity contribution in [3.63, 3.8) is 0 Å². The average molecular weight is 409 g/mol. The van der Waals surface area contributed by atoms with Gasteiger partial charge in [0, 0.05) is 17.9 Å². The zero-order valence-corrected chi connectivity index (χ0v) is 17.1. The predicted octanol–water partition coefficient (Wildman–Crippen LogP) is 3.55. The van der Waals surface area contributed by atoms with Crippen LogP contribution in [0.25, 0.3) is 22.2 Å². The molecule has 5 aromatic rings. The summed E-state index contributed by atoms with van der Waals surface area (Å²) in [6.07, 6.45) is 0.380. The number of benzene rings is 2. The highest BCUT2D eigenvalue weighted by Gasteiger charge is 2.33. The van der Waals surface area contributed by atoms with Crippen LogP contribution in [0.3, 0.4) is 0 Å². The van der Waals surface area contributed by atoms with Crippen molar-refractivity contribution < 1.29 is 4.79 Å². The van der Waals surface area contributed by atoms with Crippen molar-refractivity contribution in [2.45, 2.75) is 26.2 Å². The highest BCUT2D eigenvalue weighted by Crippen LogP contribution is 2.42. The van der Waals surface area contributed by atoms with Gasteiger partial charge in [-0.1, -0.05) is 42.5 Å². The number of aryl methyl sites for hydroxylation is 2. The van der Waals surface area contributed by atoms with E-state index in [1.54, 1.807) is 9.20 Å². The summed E-state index contributed by atoms with van der Waals surface area (Å²) < 4.78 is 3.38. The van der Waals surface area contributed by atoms with Gasteiger partial charge in [0.25, 0.3) is 0 Å². The van der Waals surface area contributed by atoms with Crippen LogP contribution in [0, 0.1) is 13.8 Å². The molecule has 1 N–H and O–H groups in total. The number of nitrogens with one attached hydrogen (secondary N) is 1. The van der Waals surface area contributed by atoms with Crippen molar-refractivity contribution in [1.29, 1.82) is 0 Å². The first kappa shape index (κ1) is 17.8. The number of fused-ring (bicyclic) bond motifs is 3. The van der Waals surface area contributed by atoms with E-state index in [0.717, 1.165) is 27.6 Å². The lowest BCUT2D eigenvalue weighted by molar-refractivity contribution is -0.116. The molecule has 0 bridgehead atoms. The highest BCUT2D eigenvalue weighted by molar-refractivity contribution is 5.96. The Labute approximate surface area is 177 Å². The lowest BCUT2D eigenvalue weighted by atomic mass is 9.83. The minimum atomic E-state index is -0.0796. The molecule has 152 valence electrons. The maximum atomic E-state index is 12.8. The van der Waals surface area contributed by atoms with E-state index in [9.17, 15) is 4.79 Å². The summed E-state index contributed by atoms with van der Waals surface area (Å²) in [4.78, 5) is 12.8. The molecule has 0 fully saturated rings. The van der Waals surface area contributed by atoms with Gasteiger partial charge >= 0.3 is 0 Å². The van der Waals surface area contributed by atoms with Crippen LogP contribution in [0.5, 0.6) is 0 Å². The van der Waals surface area contributed by atoms with E-state index in [4.69, 9.17) is 5.10 Å². The number of amides is 1. The Morgan fingerprint density at radius 2 is 1.81 bits per heavy atom. The Morgan fingerprint density at radius 3 is 2.71 bits per heavy atom. The molecular weight excluding hydrogens is 390 g/mol. The van der Waals surface area contributed by atoms with Gasteiger partial charge in [0.05, 0.1) is 5.69 Å². The first-order valence-corrected chi connectivity index (χ1v) is 10.2. The molecule has 1 aliphatic rings. The molecular formula is C23H19N7O. The van der Waals surface area contributed by atoms with E-state index in [0.29, 0.717) is 29.5 Å². The largest absolute Gasteiger partial charge is 0.310 e. The summed E-state index contributed by atoms with van der Waals surface area (Å²) in [5, 5.41) is 22.9. The van der Waals surface area contributed by atoms with Gasteiger partial charge in [0.1, 0.15) is 5.82 Å². The fourth-order valence-corrected chi connectivity index (χ4v) is 4.53. The van der Waals surface area contributed by atoms with Gasteiger partial charge in [-0.05, 0) is 42.3 Å². The van der Waals surface area contributed by atoms with E-state index < -0.39 is 0 Å². The van der Waals surface area contributed by atoms with Gasteiger partial charge in [0.15, 0.2) is 17.3 Å². The van der Waals surface area contributed by atoms with Crippen LogP contribution in [0.15, 0.2) is 54.6 Å². The third-order valence-electron chi connectivity index (χ3n) is 5.92. The zero-order chi connectivity index (χ0) is 21.1. The number of carbonyl (C=O) groups is 1. The second-order valence-electron chi connectivity index (χ2n) is 7.84. The molecule has 0 aliphatic carbocycles. The lowest BCUT2D eigenvalue weighted by Gasteiger charge is -2.25. The second kappa shape index (κ2) is 6.46. The van der Waals surface area contributed by atoms with E-state index in [1.165, 1.54) is 0 Å². The minimum Gasteiger partial charge on any atom is -0.310 e. The van der Waals surface area contributed by atoms with E-state index in [-0.39, 0.29) is 11.8 Å². The molecule has 0 radical (unpaired) electrons. The molecule has 1 aliphatic heterocycles. The quantitative estimate of drug-likeness (QED) is 0.482. The van der Waals surface area contributed by atoms with Crippen LogP contribution in [0.4, 0.5) is 5.82 Å². The maximum Gasteiger partial charge on any atom is 0.226 e. The number of aromatic nitrogens is 6. The van der Waals surface area contributed by atoms with E-state index in [2.05, 4.69) is 44.9 Å². The maximum absolute atomic E-state index is 12.8. The van der Waals surface area contributed by atoms with Gasteiger partial charge < -0.3 is 5.32 Å². The normalized spacial score (nSPS) is 15.9. The Bertz CT molecular complexity index is 1490. The number of anilines is 1. The van der Waals surface area contributed by atoms with Gasteiger partial charge in [0.2, 0.25) is 5.91 Å². The predicted molar refractivity (Wildman–Crippen MR) is 116 cm³/mol. The number of nitrogens with zero attached hydrogens (tertiary/aromatic N) is 6. The molecule has 8 nitrogen and oxygen atoms in total. The Morgan fingerprint density at radius 1 is 0.968 bits per heavy atom. The molecule has 0 saturated carbocycles. The number of hydrogen-bond acceptors (Lipinski definition) is 5. The van der Waals surface area contributed by atoms with Crippen LogP contribution in [-0.4, -0.2) is 35.5 Å². The van der Waals surface area contributed by atoms with Crippen LogP contribution in [0.2, 0.25) is 0 Å². The van der Waals surface area contributed by atoms with Crippen LogP contribution < -0.4 is 5.32 Å². The Hall–Kier alpha value is -4.07. The molecule has 31 heavy (non-hydrogen) atoms. The first-order valence-electron chi connectivity index (χ1n) is 10.2. The standard InChI is InChI=1S/C23H19N7O/c1-13-22-18(17-9-5-7-15-6-3-4-8-16(15)17)12-21(31)24-23(22)30(27-13)20-11-10-19-26-25-14(2)29(19)28-20/h3-11,18H,12H2,1-2H3,(H,24,31). The van der Waals surface area contributed by atoms with Crippen molar-refractivity contribution >= 4 is 28.1 Å².